The highest BCUT2D eigenvalue weighted by Crippen LogP contribution is 2.36. The number of rotatable bonds is 5. The zero-order chi connectivity index (χ0) is 18.9. The number of hydrogen-bond acceptors (Lipinski definition) is 1. The van der Waals surface area contributed by atoms with Crippen molar-refractivity contribution in [2.75, 3.05) is 6.61 Å². The maximum atomic E-state index is 5.46. The van der Waals surface area contributed by atoms with Gasteiger partial charge in [-0.05, 0) is 92.3 Å². The molecule has 0 aliphatic heterocycles. The van der Waals surface area contributed by atoms with Crippen molar-refractivity contribution in [1.29, 1.82) is 0 Å². The Hall–Kier alpha value is -2.46. The van der Waals surface area contributed by atoms with Crippen molar-refractivity contribution in [3.63, 3.8) is 0 Å². The second kappa shape index (κ2) is 10.0. The van der Waals surface area contributed by atoms with Gasteiger partial charge in [0.05, 0.1) is 6.61 Å². The minimum Gasteiger partial charge on any atom is -0.494 e. The monoisotopic (exact) mass is 358 g/mol. The summed E-state index contributed by atoms with van der Waals surface area (Å²) in [6.07, 6.45) is 10.6. The Labute approximate surface area is 164 Å². The van der Waals surface area contributed by atoms with Gasteiger partial charge in [0.2, 0.25) is 0 Å². The van der Waals surface area contributed by atoms with Crippen LogP contribution in [-0.2, 0) is 6.42 Å². The van der Waals surface area contributed by atoms with Gasteiger partial charge in [0, 0.05) is 5.56 Å². The van der Waals surface area contributed by atoms with Crippen molar-refractivity contribution in [2.24, 2.45) is 5.92 Å². The summed E-state index contributed by atoms with van der Waals surface area (Å²) in [6, 6.07) is 17.2. The van der Waals surface area contributed by atoms with Gasteiger partial charge < -0.3 is 4.74 Å². The fourth-order valence-corrected chi connectivity index (χ4v) is 3.78. The molecule has 140 valence electrons. The molecule has 0 N–H and O–H groups in total. The van der Waals surface area contributed by atoms with Crippen molar-refractivity contribution in [3.8, 4) is 17.6 Å². The lowest BCUT2D eigenvalue weighted by atomic mass is 9.78. The SMILES string of the molecule is CCOc1ccc(C#C/C=C/C2CCC(c3ccc(CC)cc3)CC2)cc1. The lowest BCUT2D eigenvalue weighted by molar-refractivity contribution is 0.340. The van der Waals surface area contributed by atoms with Crippen LogP contribution >= 0.6 is 0 Å². The summed E-state index contributed by atoms with van der Waals surface area (Å²) in [5.41, 5.74) is 3.98. The molecule has 1 fully saturated rings. The van der Waals surface area contributed by atoms with E-state index in [0.717, 1.165) is 23.7 Å². The van der Waals surface area contributed by atoms with Crippen molar-refractivity contribution in [1.82, 2.24) is 0 Å². The van der Waals surface area contributed by atoms with Crippen molar-refractivity contribution < 1.29 is 4.74 Å². The lowest BCUT2D eigenvalue weighted by Crippen LogP contribution is -2.11. The topological polar surface area (TPSA) is 9.23 Å². The number of ether oxygens (including phenoxy) is 1. The van der Waals surface area contributed by atoms with E-state index in [0.29, 0.717) is 12.5 Å². The Kier molecular flexibility index (Phi) is 7.17. The molecule has 2 aromatic rings. The normalized spacial score (nSPS) is 19.5. The second-order valence-electron chi connectivity index (χ2n) is 7.29. The van der Waals surface area contributed by atoms with Gasteiger partial charge in [0.25, 0.3) is 0 Å². The average Bonchev–Trinajstić information content (AvgIpc) is 2.73. The molecule has 1 aliphatic rings. The van der Waals surface area contributed by atoms with Crippen molar-refractivity contribution in [2.45, 2.75) is 51.9 Å². The van der Waals surface area contributed by atoms with Crippen LogP contribution in [0.15, 0.2) is 60.7 Å². The minimum absolute atomic E-state index is 0.672. The van der Waals surface area contributed by atoms with Crippen LogP contribution in [0.25, 0.3) is 0 Å². The zero-order valence-corrected chi connectivity index (χ0v) is 16.6. The van der Waals surface area contributed by atoms with Crippen LogP contribution in [0.1, 0.15) is 62.1 Å². The van der Waals surface area contributed by atoms with Gasteiger partial charge in [0.15, 0.2) is 0 Å². The molecule has 3 rings (SSSR count). The van der Waals surface area contributed by atoms with Gasteiger partial charge in [-0.2, -0.15) is 0 Å². The van der Waals surface area contributed by atoms with E-state index in [-0.39, 0.29) is 0 Å². The third-order valence-electron chi connectivity index (χ3n) is 5.46. The molecule has 0 saturated heterocycles. The molecule has 0 radical (unpaired) electrons. The molecule has 0 amide bonds. The second-order valence-corrected chi connectivity index (χ2v) is 7.29. The first-order valence-electron chi connectivity index (χ1n) is 10.3. The zero-order valence-electron chi connectivity index (χ0n) is 16.6. The van der Waals surface area contributed by atoms with Crippen LogP contribution in [0.2, 0.25) is 0 Å². The standard InChI is InChI=1S/C26H30O/c1-3-21-9-15-24(16-10-21)25-17-11-22(12-18-25)7-5-6-8-23-13-19-26(20-14-23)27-4-2/h5,7,9-10,13-16,19-20,22,25H,3-4,11-12,17-18H2,1-2H3/b7-5+. The first-order valence-corrected chi connectivity index (χ1v) is 10.3. The number of hydrogen-bond donors (Lipinski definition) is 0. The molecule has 0 aromatic heterocycles. The summed E-state index contributed by atoms with van der Waals surface area (Å²) in [4.78, 5) is 0. The quantitative estimate of drug-likeness (QED) is 0.552. The highest BCUT2D eigenvalue weighted by molar-refractivity contribution is 5.40. The van der Waals surface area contributed by atoms with Crippen molar-refractivity contribution >= 4 is 0 Å². The summed E-state index contributed by atoms with van der Waals surface area (Å²) in [6.45, 7) is 4.90. The van der Waals surface area contributed by atoms with Gasteiger partial charge in [-0.3, -0.25) is 0 Å². The van der Waals surface area contributed by atoms with E-state index in [4.69, 9.17) is 4.74 Å². The van der Waals surface area contributed by atoms with Crippen LogP contribution in [0.4, 0.5) is 0 Å². The van der Waals surface area contributed by atoms with Crippen LogP contribution < -0.4 is 4.74 Å². The third-order valence-corrected chi connectivity index (χ3v) is 5.46. The largest absolute Gasteiger partial charge is 0.494 e. The minimum atomic E-state index is 0.672. The Morgan fingerprint density at radius 1 is 0.926 bits per heavy atom. The van der Waals surface area contributed by atoms with Gasteiger partial charge in [-0.25, -0.2) is 0 Å². The number of aryl methyl sites for hydroxylation is 1. The molecule has 0 atom stereocenters. The third kappa shape index (κ3) is 5.76. The molecule has 1 nitrogen and oxygen atoms in total. The smallest absolute Gasteiger partial charge is 0.119 e. The van der Waals surface area contributed by atoms with E-state index in [1.54, 1.807) is 0 Å². The van der Waals surface area contributed by atoms with Crippen LogP contribution in [0, 0.1) is 17.8 Å². The molecule has 0 unspecified atom stereocenters. The van der Waals surface area contributed by atoms with Gasteiger partial charge in [-0.1, -0.05) is 49.1 Å². The maximum Gasteiger partial charge on any atom is 0.119 e. The van der Waals surface area contributed by atoms with E-state index in [9.17, 15) is 0 Å². The summed E-state index contributed by atoms with van der Waals surface area (Å²) in [7, 11) is 0. The molecule has 1 aliphatic carbocycles. The Morgan fingerprint density at radius 2 is 1.63 bits per heavy atom. The first-order chi connectivity index (χ1) is 13.3. The molecule has 0 bridgehead atoms. The molecular formula is C26H30O. The fraction of sp³-hybridized carbons (Fsp3) is 0.385. The summed E-state index contributed by atoms with van der Waals surface area (Å²) in [5, 5.41) is 0. The molecular weight excluding hydrogens is 328 g/mol. The van der Waals surface area contributed by atoms with Gasteiger partial charge in [-0.15, -0.1) is 0 Å². The number of allylic oxidation sites excluding steroid dienone is 2. The fourth-order valence-electron chi connectivity index (χ4n) is 3.78. The predicted octanol–water partition coefficient (Wildman–Crippen LogP) is 6.53. The summed E-state index contributed by atoms with van der Waals surface area (Å²) in [5.74, 6) is 8.70. The molecule has 1 heteroatoms. The summed E-state index contributed by atoms with van der Waals surface area (Å²) < 4.78 is 5.46. The Balaban J connectivity index is 1.47. The van der Waals surface area contributed by atoms with Crippen LogP contribution in [0.3, 0.4) is 0 Å². The van der Waals surface area contributed by atoms with Gasteiger partial charge in [0.1, 0.15) is 5.75 Å². The predicted molar refractivity (Wildman–Crippen MR) is 114 cm³/mol. The van der Waals surface area contributed by atoms with E-state index < -0.39 is 0 Å². The molecule has 2 aromatic carbocycles. The molecule has 27 heavy (non-hydrogen) atoms. The average molecular weight is 359 g/mol. The molecule has 0 spiro atoms. The van der Waals surface area contributed by atoms with E-state index >= 15 is 0 Å². The van der Waals surface area contributed by atoms with E-state index in [1.165, 1.54) is 36.8 Å². The van der Waals surface area contributed by atoms with E-state index in [2.05, 4.69) is 49.1 Å². The maximum absolute atomic E-state index is 5.46. The van der Waals surface area contributed by atoms with Crippen LogP contribution in [0.5, 0.6) is 5.75 Å². The number of benzene rings is 2. The highest BCUT2D eigenvalue weighted by Gasteiger charge is 2.20. The molecule has 0 heterocycles. The highest BCUT2D eigenvalue weighted by atomic mass is 16.5. The Morgan fingerprint density at radius 3 is 2.26 bits per heavy atom. The molecule has 1 saturated carbocycles. The first kappa shape index (κ1) is 19.3. The Bertz CT molecular complexity index is 779. The van der Waals surface area contributed by atoms with Crippen molar-refractivity contribution in [3.05, 3.63) is 77.4 Å². The lowest BCUT2D eigenvalue weighted by Gasteiger charge is -2.27. The summed E-state index contributed by atoms with van der Waals surface area (Å²) >= 11 is 0. The van der Waals surface area contributed by atoms with E-state index in [1.807, 2.05) is 37.3 Å². The van der Waals surface area contributed by atoms with Gasteiger partial charge >= 0.3 is 0 Å². The van der Waals surface area contributed by atoms with Crippen LogP contribution in [-0.4, -0.2) is 6.61 Å².